The first-order valence-corrected chi connectivity index (χ1v) is 5.68. The third kappa shape index (κ3) is 1.52. The molecule has 5 heteroatoms. The number of benzene rings is 1. The predicted molar refractivity (Wildman–Crippen MR) is 68.5 cm³/mol. The van der Waals surface area contributed by atoms with E-state index >= 15 is 0 Å². The zero-order valence-electron chi connectivity index (χ0n) is 10.1. The van der Waals surface area contributed by atoms with Crippen molar-refractivity contribution in [3.63, 3.8) is 0 Å². The van der Waals surface area contributed by atoms with Gasteiger partial charge in [0.15, 0.2) is 0 Å². The van der Waals surface area contributed by atoms with Gasteiger partial charge in [-0.1, -0.05) is 30.3 Å². The van der Waals surface area contributed by atoms with E-state index in [-0.39, 0.29) is 5.56 Å². The van der Waals surface area contributed by atoms with Crippen LogP contribution in [0.2, 0.25) is 0 Å². The van der Waals surface area contributed by atoms with Crippen molar-refractivity contribution in [1.29, 1.82) is 0 Å². The molecule has 18 heavy (non-hydrogen) atoms. The molecule has 3 aromatic rings. The fourth-order valence-corrected chi connectivity index (χ4v) is 1.98. The topological polar surface area (TPSA) is 63.1 Å². The van der Waals surface area contributed by atoms with Gasteiger partial charge >= 0.3 is 0 Å². The average Bonchev–Trinajstić information content (AvgIpc) is 2.76. The van der Waals surface area contributed by atoms with E-state index in [9.17, 15) is 4.79 Å². The number of nitrogens with zero attached hydrogens (tertiary/aromatic N) is 3. The zero-order valence-corrected chi connectivity index (χ0v) is 10.1. The van der Waals surface area contributed by atoms with Crippen LogP contribution in [0.1, 0.15) is 11.4 Å². The molecule has 3 rings (SSSR count). The van der Waals surface area contributed by atoms with Crippen molar-refractivity contribution >= 4 is 5.78 Å². The number of aromatic nitrogens is 4. The monoisotopic (exact) mass is 240 g/mol. The van der Waals surface area contributed by atoms with Gasteiger partial charge in [-0.2, -0.15) is 9.50 Å². The van der Waals surface area contributed by atoms with E-state index in [1.54, 1.807) is 13.8 Å². The summed E-state index contributed by atoms with van der Waals surface area (Å²) < 4.78 is 1.37. The Hall–Kier alpha value is -2.43. The van der Waals surface area contributed by atoms with E-state index in [0.29, 0.717) is 22.9 Å². The summed E-state index contributed by atoms with van der Waals surface area (Å²) in [5, 5.41) is 2.88. The summed E-state index contributed by atoms with van der Waals surface area (Å²) in [7, 11) is 0. The van der Waals surface area contributed by atoms with E-state index in [0.717, 1.165) is 5.56 Å². The second kappa shape index (κ2) is 3.80. The quantitative estimate of drug-likeness (QED) is 0.704. The number of H-pyrrole nitrogens is 1. The highest BCUT2D eigenvalue weighted by atomic mass is 16.1. The summed E-state index contributed by atoms with van der Waals surface area (Å²) in [5.41, 5.74) is 2.11. The van der Waals surface area contributed by atoms with Crippen LogP contribution in [-0.4, -0.2) is 19.6 Å². The second-order valence-electron chi connectivity index (χ2n) is 4.20. The van der Waals surface area contributed by atoms with Crippen molar-refractivity contribution in [3.05, 3.63) is 52.1 Å². The van der Waals surface area contributed by atoms with Crippen molar-refractivity contribution in [2.45, 2.75) is 13.8 Å². The van der Waals surface area contributed by atoms with Crippen LogP contribution in [0.4, 0.5) is 0 Å². The molecule has 1 aromatic carbocycles. The first kappa shape index (κ1) is 10.7. The molecule has 0 aliphatic carbocycles. The van der Waals surface area contributed by atoms with Gasteiger partial charge in [0.25, 0.3) is 11.3 Å². The van der Waals surface area contributed by atoms with Crippen LogP contribution in [-0.2, 0) is 0 Å². The van der Waals surface area contributed by atoms with E-state index < -0.39 is 0 Å². The summed E-state index contributed by atoms with van der Waals surface area (Å²) >= 11 is 0. The Bertz CT molecular complexity index is 771. The maximum atomic E-state index is 12.2. The van der Waals surface area contributed by atoms with E-state index in [1.165, 1.54) is 4.52 Å². The van der Waals surface area contributed by atoms with Crippen LogP contribution in [0.25, 0.3) is 17.0 Å². The van der Waals surface area contributed by atoms with Gasteiger partial charge in [0.2, 0.25) is 0 Å². The standard InChI is InChI=1S/C13H12N4O/c1-8-11(10-6-4-3-5-7-10)15-13-14-9(2)16-17(13)12(8)18/h3-7H,1-2H3,(H,14,15,16). The molecule has 0 saturated carbocycles. The highest BCUT2D eigenvalue weighted by molar-refractivity contribution is 5.63. The van der Waals surface area contributed by atoms with E-state index in [4.69, 9.17) is 0 Å². The van der Waals surface area contributed by atoms with Gasteiger partial charge in [-0.05, 0) is 13.8 Å². The Morgan fingerprint density at radius 3 is 2.56 bits per heavy atom. The Morgan fingerprint density at radius 2 is 1.83 bits per heavy atom. The normalized spacial score (nSPS) is 11.0. The number of rotatable bonds is 1. The Morgan fingerprint density at radius 1 is 1.11 bits per heavy atom. The minimum Gasteiger partial charge on any atom is -0.275 e. The maximum Gasteiger partial charge on any atom is 0.277 e. The van der Waals surface area contributed by atoms with Gasteiger partial charge in [0.1, 0.15) is 5.82 Å². The molecule has 0 aliphatic rings. The van der Waals surface area contributed by atoms with Crippen molar-refractivity contribution in [2.75, 3.05) is 0 Å². The van der Waals surface area contributed by atoms with Gasteiger partial charge in [-0.25, -0.2) is 4.98 Å². The van der Waals surface area contributed by atoms with Crippen LogP contribution in [0.5, 0.6) is 0 Å². The van der Waals surface area contributed by atoms with Crippen LogP contribution in [0.15, 0.2) is 35.1 Å². The van der Waals surface area contributed by atoms with Crippen LogP contribution >= 0.6 is 0 Å². The molecule has 0 aliphatic heterocycles. The van der Waals surface area contributed by atoms with E-state index in [2.05, 4.69) is 15.1 Å². The molecular formula is C13H12N4O. The largest absolute Gasteiger partial charge is 0.277 e. The number of hydrogen-bond acceptors (Lipinski definition) is 3. The molecule has 0 unspecified atom stereocenters. The summed E-state index contributed by atoms with van der Waals surface area (Å²) in [4.78, 5) is 20.8. The lowest BCUT2D eigenvalue weighted by Gasteiger charge is -2.04. The van der Waals surface area contributed by atoms with Crippen molar-refractivity contribution in [2.24, 2.45) is 0 Å². The maximum absolute atomic E-state index is 12.2. The van der Waals surface area contributed by atoms with Crippen LogP contribution in [0.3, 0.4) is 0 Å². The van der Waals surface area contributed by atoms with Crippen molar-refractivity contribution in [1.82, 2.24) is 19.6 Å². The molecule has 0 bridgehead atoms. The van der Waals surface area contributed by atoms with Gasteiger partial charge in [0, 0.05) is 11.1 Å². The first-order chi connectivity index (χ1) is 8.66. The third-order valence-electron chi connectivity index (χ3n) is 2.88. The SMILES string of the molecule is Cc1nc2nc(-c3ccccc3)c(C)c(=O)n2[nH]1. The first-order valence-electron chi connectivity index (χ1n) is 5.68. The highest BCUT2D eigenvalue weighted by Crippen LogP contribution is 2.18. The molecule has 0 radical (unpaired) electrons. The smallest absolute Gasteiger partial charge is 0.275 e. The molecule has 1 N–H and O–H groups in total. The second-order valence-corrected chi connectivity index (χ2v) is 4.20. The molecule has 2 heterocycles. The average molecular weight is 240 g/mol. The zero-order chi connectivity index (χ0) is 12.7. The summed E-state index contributed by atoms with van der Waals surface area (Å²) in [5.74, 6) is 1.08. The molecule has 90 valence electrons. The summed E-state index contributed by atoms with van der Waals surface area (Å²) in [6, 6.07) is 9.65. The fourth-order valence-electron chi connectivity index (χ4n) is 1.98. The summed E-state index contributed by atoms with van der Waals surface area (Å²) in [6.45, 7) is 3.58. The Labute approximate surface area is 103 Å². The molecule has 0 atom stereocenters. The Kier molecular flexibility index (Phi) is 2.26. The van der Waals surface area contributed by atoms with Gasteiger partial charge < -0.3 is 0 Å². The number of aryl methyl sites for hydroxylation is 1. The fraction of sp³-hybridized carbons (Fsp3) is 0.154. The Balaban J connectivity index is 2.37. The van der Waals surface area contributed by atoms with Crippen molar-refractivity contribution in [3.8, 4) is 11.3 Å². The third-order valence-corrected chi connectivity index (χ3v) is 2.88. The number of fused-ring (bicyclic) bond motifs is 1. The van der Waals surface area contributed by atoms with Gasteiger partial charge in [-0.3, -0.25) is 9.89 Å². The highest BCUT2D eigenvalue weighted by Gasteiger charge is 2.12. The van der Waals surface area contributed by atoms with Gasteiger partial charge in [0.05, 0.1) is 5.69 Å². The lowest BCUT2D eigenvalue weighted by Crippen LogP contribution is -2.19. The molecule has 2 aromatic heterocycles. The number of hydrogen-bond donors (Lipinski definition) is 1. The summed E-state index contributed by atoms with van der Waals surface area (Å²) in [6.07, 6.45) is 0. The lowest BCUT2D eigenvalue weighted by molar-refractivity contribution is 0.870. The van der Waals surface area contributed by atoms with Crippen LogP contribution in [0, 0.1) is 13.8 Å². The molecule has 5 nitrogen and oxygen atoms in total. The minimum absolute atomic E-state index is 0.112. The predicted octanol–water partition coefficient (Wildman–Crippen LogP) is 1.70. The molecular weight excluding hydrogens is 228 g/mol. The molecule has 0 fully saturated rings. The van der Waals surface area contributed by atoms with Crippen molar-refractivity contribution < 1.29 is 0 Å². The van der Waals surface area contributed by atoms with Crippen LogP contribution < -0.4 is 5.56 Å². The number of nitrogens with one attached hydrogen (secondary N) is 1. The number of aromatic amines is 1. The minimum atomic E-state index is -0.112. The lowest BCUT2D eigenvalue weighted by atomic mass is 10.1. The van der Waals surface area contributed by atoms with Gasteiger partial charge in [-0.15, -0.1) is 0 Å². The molecule has 0 spiro atoms. The molecule has 0 saturated heterocycles. The van der Waals surface area contributed by atoms with E-state index in [1.807, 2.05) is 30.3 Å². The molecule has 0 amide bonds.